The van der Waals surface area contributed by atoms with Crippen LogP contribution in [0.2, 0.25) is 0 Å². The summed E-state index contributed by atoms with van der Waals surface area (Å²) < 4.78 is 6.97. The van der Waals surface area contributed by atoms with Gasteiger partial charge in [-0.15, -0.1) is 11.3 Å². The van der Waals surface area contributed by atoms with Crippen molar-refractivity contribution in [1.82, 2.24) is 19.8 Å². The SMILES string of the molecule is CC(C)OCCN1CCC(NC(=O)Cn2cnc3sccc3c2=O)CC1. The number of nitrogens with zero attached hydrogens (tertiary/aromatic N) is 3. The standard InChI is InChI=1S/C18H26N4O3S/c1-13(2)25-9-8-21-6-3-14(4-7-21)20-16(23)11-22-12-19-17-15(18(22)24)5-10-26-17/h5,10,12-14H,3-4,6-9,11H2,1-2H3,(H,20,23). The highest BCUT2D eigenvalue weighted by atomic mass is 32.1. The molecule has 1 N–H and O–H groups in total. The maximum absolute atomic E-state index is 12.3. The van der Waals surface area contributed by atoms with Crippen molar-refractivity contribution in [2.45, 2.75) is 45.4 Å². The lowest BCUT2D eigenvalue weighted by Gasteiger charge is -2.32. The summed E-state index contributed by atoms with van der Waals surface area (Å²) in [7, 11) is 0. The van der Waals surface area contributed by atoms with Gasteiger partial charge in [0.15, 0.2) is 0 Å². The number of ether oxygens (including phenoxy) is 1. The molecule has 8 heteroatoms. The molecule has 3 rings (SSSR count). The van der Waals surface area contributed by atoms with Gasteiger partial charge in [0.25, 0.3) is 5.56 Å². The molecule has 0 atom stereocenters. The number of likely N-dealkylation sites (tertiary alicyclic amines) is 1. The molecule has 1 aliphatic heterocycles. The molecule has 26 heavy (non-hydrogen) atoms. The van der Waals surface area contributed by atoms with Gasteiger partial charge in [0.2, 0.25) is 5.91 Å². The lowest BCUT2D eigenvalue weighted by atomic mass is 10.1. The molecule has 0 aliphatic carbocycles. The normalized spacial score (nSPS) is 16.4. The van der Waals surface area contributed by atoms with Crippen molar-refractivity contribution in [3.63, 3.8) is 0 Å². The molecule has 1 saturated heterocycles. The molecule has 0 radical (unpaired) electrons. The second-order valence-corrected chi connectivity index (χ2v) is 7.81. The third-order valence-corrected chi connectivity index (χ3v) is 5.40. The smallest absolute Gasteiger partial charge is 0.262 e. The summed E-state index contributed by atoms with van der Waals surface area (Å²) in [5.74, 6) is -0.134. The van der Waals surface area contributed by atoms with E-state index in [-0.39, 0.29) is 30.2 Å². The van der Waals surface area contributed by atoms with Crippen LogP contribution in [-0.4, -0.2) is 58.7 Å². The number of piperidine rings is 1. The summed E-state index contributed by atoms with van der Waals surface area (Å²) in [5, 5.41) is 5.46. The van der Waals surface area contributed by atoms with Crippen LogP contribution in [0.15, 0.2) is 22.6 Å². The van der Waals surface area contributed by atoms with Crippen molar-refractivity contribution in [3.8, 4) is 0 Å². The monoisotopic (exact) mass is 378 g/mol. The second-order valence-electron chi connectivity index (χ2n) is 6.92. The molecule has 3 heterocycles. The van der Waals surface area contributed by atoms with Crippen LogP contribution < -0.4 is 10.9 Å². The number of carbonyl (C=O) groups excluding carboxylic acids is 1. The van der Waals surface area contributed by atoms with Crippen LogP contribution in [-0.2, 0) is 16.1 Å². The third-order valence-electron chi connectivity index (χ3n) is 4.58. The number of carbonyl (C=O) groups is 1. The molecule has 1 amide bonds. The van der Waals surface area contributed by atoms with Crippen molar-refractivity contribution in [2.24, 2.45) is 0 Å². The summed E-state index contributed by atoms with van der Waals surface area (Å²) >= 11 is 1.43. The largest absolute Gasteiger partial charge is 0.377 e. The number of fused-ring (bicyclic) bond motifs is 1. The molecule has 1 aliphatic rings. The fraction of sp³-hybridized carbons (Fsp3) is 0.611. The molecular formula is C18H26N4O3S. The first-order valence-electron chi connectivity index (χ1n) is 9.09. The number of nitrogens with one attached hydrogen (secondary N) is 1. The number of amides is 1. The minimum Gasteiger partial charge on any atom is -0.377 e. The van der Waals surface area contributed by atoms with Crippen LogP contribution >= 0.6 is 11.3 Å². The Morgan fingerprint density at radius 3 is 2.92 bits per heavy atom. The topological polar surface area (TPSA) is 76.5 Å². The van der Waals surface area contributed by atoms with E-state index in [1.54, 1.807) is 6.07 Å². The summed E-state index contributed by atoms with van der Waals surface area (Å²) in [6.07, 6.45) is 3.56. The quantitative estimate of drug-likeness (QED) is 0.789. The molecule has 7 nitrogen and oxygen atoms in total. The van der Waals surface area contributed by atoms with E-state index in [0.29, 0.717) is 10.2 Å². The van der Waals surface area contributed by atoms with Crippen molar-refractivity contribution < 1.29 is 9.53 Å². The predicted molar refractivity (Wildman–Crippen MR) is 103 cm³/mol. The molecule has 0 aromatic carbocycles. The van der Waals surface area contributed by atoms with Crippen molar-refractivity contribution >= 4 is 27.5 Å². The van der Waals surface area contributed by atoms with Gasteiger partial charge in [0.05, 0.1) is 24.4 Å². The number of hydrogen-bond donors (Lipinski definition) is 1. The average molecular weight is 378 g/mol. The Morgan fingerprint density at radius 2 is 2.19 bits per heavy atom. The minimum atomic E-state index is -0.161. The van der Waals surface area contributed by atoms with E-state index in [2.05, 4.69) is 15.2 Å². The summed E-state index contributed by atoms with van der Waals surface area (Å²) in [4.78, 5) is 32.0. The Labute approximate surface area is 157 Å². The Balaban J connectivity index is 1.45. The van der Waals surface area contributed by atoms with E-state index in [1.807, 2.05) is 19.2 Å². The second kappa shape index (κ2) is 8.75. The highest BCUT2D eigenvalue weighted by molar-refractivity contribution is 7.16. The first-order valence-corrected chi connectivity index (χ1v) is 9.97. The van der Waals surface area contributed by atoms with Crippen molar-refractivity contribution in [1.29, 1.82) is 0 Å². The predicted octanol–water partition coefficient (Wildman–Crippen LogP) is 1.46. The molecule has 0 spiro atoms. The lowest BCUT2D eigenvalue weighted by Crippen LogP contribution is -2.46. The first-order chi connectivity index (χ1) is 12.5. The molecule has 0 bridgehead atoms. The summed E-state index contributed by atoms with van der Waals surface area (Å²) in [5.41, 5.74) is -0.161. The first kappa shape index (κ1) is 19.0. The van der Waals surface area contributed by atoms with Crippen molar-refractivity contribution in [2.75, 3.05) is 26.2 Å². The van der Waals surface area contributed by atoms with E-state index in [0.717, 1.165) is 39.1 Å². The van der Waals surface area contributed by atoms with Crippen LogP contribution in [0, 0.1) is 0 Å². The Morgan fingerprint density at radius 1 is 1.42 bits per heavy atom. The van der Waals surface area contributed by atoms with Gasteiger partial charge in [0, 0.05) is 25.7 Å². The Bertz CT molecular complexity index is 793. The van der Waals surface area contributed by atoms with Gasteiger partial charge in [-0.2, -0.15) is 0 Å². The lowest BCUT2D eigenvalue weighted by molar-refractivity contribution is -0.122. The fourth-order valence-corrected chi connectivity index (χ4v) is 3.88. The van der Waals surface area contributed by atoms with Crippen LogP contribution in [0.3, 0.4) is 0 Å². The van der Waals surface area contributed by atoms with Crippen LogP contribution in [0.5, 0.6) is 0 Å². The van der Waals surface area contributed by atoms with E-state index >= 15 is 0 Å². The molecule has 142 valence electrons. The number of rotatable bonds is 7. The Hall–Kier alpha value is -1.77. The van der Waals surface area contributed by atoms with Crippen LogP contribution in [0.4, 0.5) is 0 Å². The van der Waals surface area contributed by atoms with E-state index in [4.69, 9.17) is 4.74 Å². The summed E-state index contributed by atoms with van der Waals surface area (Å²) in [6.45, 7) is 7.68. The van der Waals surface area contributed by atoms with Crippen LogP contribution in [0.25, 0.3) is 10.2 Å². The molecule has 1 fully saturated rings. The highest BCUT2D eigenvalue weighted by Gasteiger charge is 2.21. The zero-order chi connectivity index (χ0) is 18.5. The third kappa shape index (κ3) is 4.90. The van der Waals surface area contributed by atoms with E-state index < -0.39 is 0 Å². The van der Waals surface area contributed by atoms with Crippen molar-refractivity contribution in [3.05, 3.63) is 28.1 Å². The van der Waals surface area contributed by atoms with Gasteiger partial charge in [-0.1, -0.05) is 0 Å². The zero-order valence-corrected chi connectivity index (χ0v) is 16.1. The van der Waals surface area contributed by atoms with Gasteiger partial charge in [-0.25, -0.2) is 4.98 Å². The molecular weight excluding hydrogens is 352 g/mol. The van der Waals surface area contributed by atoms with Gasteiger partial charge < -0.3 is 15.0 Å². The number of aromatic nitrogens is 2. The minimum absolute atomic E-state index is 0.0140. The van der Waals surface area contributed by atoms with Gasteiger partial charge in [0.1, 0.15) is 11.4 Å². The molecule has 2 aromatic rings. The molecule has 0 saturated carbocycles. The maximum atomic E-state index is 12.3. The summed E-state index contributed by atoms with van der Waals surface area (Å²) in [6, 6.07) is 1.92. The Kier molecular flexibility index (Phi) is 6.39. The maximum Gasteiger partial charge on any atom is 0.262 e. The fourth-order valence-electron chi connectivity index (χ4n) is 3.15. The molecule has 0 unspecified atom stereocenters. The average Bonchev–Trinajstić information content (AvgIpc) is 3.08. The van der Waals surface area contributed by atoms with Gasteiger partial charge >= 0.3 is 0 Å². The van der Waals surface area contributed by atoms with Gasteiger partial charge in [-0.3, -0.25) is 14.2 Å². The van der Waals surface area contributed by atoms with Crippen LogP contribution in [0.1, 0.15) is 26.7 Å². The zero-order valence-electron chi connectivity index (χ0n) is 15.3. The number of hydrogen-bond acceptors (Lipinski definition) is 6. The van der Waals surface area contributed by atoms with E-state index in [1.165, 1.54) is 22.2 Å². The van der Waals surface area contributed by atoms with E-state index in [9.17, 15) is 9.59 Å². The molecule has 2 aromatic heterocycles. The van der Waals surface area contributed by atoms with Gasteiger partial charge in [-0.05, 0) is 38.1 Å². The highest BCUT2D eigenvalue weighted by Crippen LogP contribution is 2.13. The number of thiophene rings is 1.